The lowest BCUT2D eigenvalue weighted by atomic mass is 9.95. The predicted molar refractivity (Wildman–Crippen MR) is 193 cm³/mol. The molecule has 248 valence electrons. The standard InChI is InChI=1S/C40H45N5O3/c1-28-33(34-15-10-18-37(29(34)2)48-23-11-21-44(3)26-30-12-5-4-6-13-30)14-9-16-35(28)43-39-38-32(19-20-41-39)24-31(25-42-38)27-45-22-8-7-17-36(45)40(46)47/h4-6,9-10,12-16,18-20,24-25,36H,7-8,11,17,21-23,26-27H2,1-3H3,(H,41,43)(H,46,47). The van der Waals surface area contributed by atoms with Crippen LogP contribution in [0.3, 0.4) is 0 Å². The maximum atomic E-state index is 11.8. The van der Waals surface area contributed by atoms with Crippen LogP contribution in [0.4, 0.5) is 11.5 Å². The summed E-state index contributed by atoms with van der Waals surface area (Å²) in [6.07, 6.45) is 7.25. The van der Waals surface area contributed by atoms with Crippen LogP contribution >= 0.6 is 0 Å². The van der Waals surface area contributed by atoms with Crippen LogP contribution in [0.5, 0.6) is 5.75 Å². The minimum Gasteiger partial charge on any atom is -0.493 e. The number of aliphatic carboxylic acids is 1. The maximum absolute atomic E-state index is 11.8. The third kappa shape index (κ3) is 7.84. The molecule has 0 aliphatic carbocycles. The summed E-state index contributed by atoms with van der Waals surface area (Å²) < 4.78 is 6.30. The second-order valence-electron chi connectivity index (χ2n) is 12.9. The van der Waals surface area contributed by atoms with Crippen LogP contribution in [0.2, 0.25) is 0 Å². The molecule has 2 N–H and O–H groups in total. The highest BCUT2D eigenvalue weighted by molar-refractivity contribution is 5.91. The summed E-state index contributed by atoms with van der Waals surface area (Å²) in [6, 6.07) is 26.7. The zero-order valence-electron chi connectivity index (χ0n) is 28.2. The monoisotopic (exact) mass is 643 g/mol. The Bertz CT molecular complexity index is 1860. The predicted octanol–water partition coefficient (Wildman–Crippen LogP) is 8.00. The van der Waals surface area contributed by atoms with Gasteiger partial charge in [-0.25, -0.2) is 4.98 Å². The number of fused-ring (bicyclic) bond motifs is 1. The number of nitrogens with zero attached hydrogens (tertiary/aromatic N) is 4. The average molecular weight is 644 g/mol. The number of anilines is 2. The van der Waals surface area contributed by atoms with Gasteiger partial charge in [0, 0.05) is 43.1 Å². The lowest BCUT2D eigenvalue weighted by Crippen LogP contribution is -2.44. The highest BCUT2D eigenvalue weighted by Gasteiger charge is 2.28. The SMILES string of the molecule is Cc1c(Nc2nccc3cc(CN4CCCCC4C(=O)O)cnc23)cccc1-c1cccc(OCCCN(C)Cc2ccccc2)c1C. The lowest BCUT2D eigenvalue weighted by Gasteiger charge is -2.32. The average Bonchev–Trinajstić information content (AvgIpc) is 3.09. The zero-order valence-corrected chi connectivity index (χ0v) is 28.2. The summed E-state index contributed by atoms with van der Waals surface area (Å²) >= 11 is 0. The number of nitrogens with one attached hydrogen (secondary N) is 1. The first-order valence-corrected chi connectivity index (χ1v) is 16.9. The number of piperidine rings is 1. The first-order chi connectivity index (χ1) is 23.4. The third-order valence-corrected chi connectivity index (χ3v) is 9.34. The molecule has 6 rings (SSSR count). The molecule has 3 heterocycles. The summed E-state index contributed by atoms with van der Waals surface area (Å²) in [4.78, 5) is 25.6. The minimum absolute atomic E-state index is 0.438. The minimum atomic E-state index is -0.746. The van der Waals surface area contributed by atoms with Gasteiger partial charge in [0.1, 0.15) is 17.3 Å². The van der Waals surface area contributed by atoms with Gasteiger partial charge in [0.15, 0.2) is 5.82 Å². The molecular weight excluding hydrogens is 598 g/mol. The molecule has 1 atom stereocenters. The number of aromatic nitrogens is 2. The Morgan fingerprint density at radius 2 is 1.75 bits per heavy atom. The van der Waals surface area contributed by atoms with Gasteiger partial charge >= 0.3 is 5.97 Å². The maximum Gasteiger partial charge on any atom is 0.320 e. The number of carboxylic acids is 1. The molecular formula is C40H45N5O3. The molecule has 0 saturated carbocycles. The van der Waals surface area contributed by atoms with Crippen molar-refractivity contribution in [2.75, 3.05) is 32.1 Å². The summed E-state index contributed by atoms with van der Waals surface area (Å²) in [7, 11) is 2.15. The van der Waals surface area contributed by atoms with E-state index in [1.54, 1.807) is 6.20 Å². The second-order valence-corrected chi connectivity index (χ2v) is 12.9. The Morgan fingerprint density at radius 1 is 0.958 bits per heavy atom. The van der Waals surface area contributed by atoms with Crippen molar-refractivity contribution in [3.8, 4) is 16.9 Å². The molecule has 3 aromatic carbocycles. The fourth-order valence-electron chi connectivity index (χ4n) is 6.72. The van der Waals surface area contributed by atoms with E-state index in [-0.39, 0.29) is 0 Å². The van der Waals surface area contributed by atoms with Crippen molar-refractivity contribution in [3.05, 3.63) is 114 Å². The van der Waals surface area contributed by atoms with Gasteiger partial charge in [-0.3, -0.25) is 14.7 Å². The molecule has 1 unspecified atom stereocenters. The van der Waals surface area contributed by atoms with Gasteiger partial charge in [-0.1, -0.05) is 61.0 Å². The Labute approximate surface area is 283 Å². The largest absolute Gasteiger partial charge is 0.493 e. The number of ether oxygens (including phenoxy) is 1. The fourth-order valence-corrected chi connectivity index (χ4v) is 6.72. The summed E-state index contributed by atoms with van der Waals surface area (Å²) in [5.74, 6) is 0.849. The van der Waals surface area contributed by atoms with E-state index in [0.29, 0.717) is 25.4 Å². The Hall–Kier alpha value is -4.79. The van der Waals surface area contributed by atoms with Crippen molar-refractivity contribution in [1.82, 2.24) is 19.8 Å². The normalized spacial score (nSPS) is 15.1. The Morgan fingerprint density at radius 3 is 2.56 bits per heavy atom. The van der Waals surface area contributed by atoms with Gasteiger partial charge in [-0.2, -0.15) is 0 Å². The van der Waals surface area contributed by atoms with Crippen LogP contribution in [-0.2, 0) is 17.9 Å². The Balaban J connectivity index is 1.14. The van der Waals surface area contributed by atoms with Gasteiger partial charge in [0.05, 0.1) is 6.61 Å². The molecule has 1 fully saturated rings. The molecule has 8 nitrogen and oxygen atoms in total. The van der Waals surface area contributed by atoms with E-state index in [9.17, 15) is 9.90 Å². The quantitative estimate of drug-likeness (QED) is 0.125. The molecule has 0 amide bonds. The molecule has 1 aliphatic heterocycles. The molecule has 0 bridgehead atoms. The third-order valence-electron chi connectivity index (χ3n) is 9.34. The van der Waals surface area contributed by atoms with E-state index in [1.807, 2.05) is 12.3 Å². The van der Waals surface area contributed by atoms with Gasteiger partial charge in [0.2, 0.25) is 0 Å². The van der Waals surface area contributed by atoms with E-state index in [1.165, 1.54) is 5.56 Å². The molecule has 8 heteroatoms. The van der Waals surface area contributed by atoms with Crippen molar-refractivity contribution in [2.45, 2.75) is 58.7 Å². The summed E-state index contributed by atoms with van der Waals surface area (Å²) in [5, 5.41) is 14.2. The van der Waals surface area contributed by atoms with Crippen molar-refractivity contribution >= 4 is 28.4 Å². The smallest absolute Gasteiger partial charge is 0.320 e. The van der Waals surface area contributed by atoms with Crippen LogP contribution < -0.4 is 10.1 Å². The number of hydrogen-bond donors (Lipinski definition) is 2. The first-order valence-electron chi connectivity index (χ1n) is 16.9. The molecule has 1 aliphatic rings. The number of carbonyl (C=O) groups is 1. The highest BCUT2D eigenvalue weighted by atomic mass is 16.5. The van der Waals surface area contributed by atoms with Crippen molar-refractivity contribution in [3.63, 3.8) is 0 Å². The Kier molecular flexibility index (Phi) is 10.6. The van der Waals surface area contributed by atoms with E-state index < -0.39 is 12.0 Å². The van der Waals surface area contributed by atoms with Gasteiger partial charge in [0.25, 0.3) is 0 Å². The molecule has 0 spiro atoms. The van der Waals surface area contributed by atoms with E-state index in [0.717, 1.165) is 89.1 Å². The van der Waals surface area contributed by atoms with Crippen LogP contribution in [0.1, 0.15) is 47.9 Å². The number of benzene rings is 3. The van der Waals surface area contributed by atoms with E-state index >= 15 is 0 Å². The van der Waals surface area contributed by atoms with Crippen LogP contribution in [0.25, 0.3) is 22.0 Å². The molecule has 48 heavy (non-hydrogen) atoms. The summed E-state index contributed by atoms with van der Waals surface area (Å²) in [6.45, 7) is 8.16. The van der Waals surface area contributed by atoms with Crippen LogP contribution in [0.15, 0.2) is 91.3 Å². The topological polar surface area (TPSA) is 90.8 Å². The molecule has 1 saturated heterocycles. The number of pyridine rings is 2. The van der Waals surface area contributed by atoms with Crippen LogP contribution in [0, 0.1) is 13.8 Å². The first kappa shape index (κ1) is 33.1. The van der Waals surface area contributed by atoms with E-state index in [4.69, 9.17) is 9.72 Å². The van der Waals surface area contributed by atoms with Crippen LogP contribution in [-0.4, -0.2) is 63.6 Å². The van der Waals surface area contributed by atoms with Gasteiger partial charge in [-0.05, 0) is 104 Å². The number of hydrogen-bond acceptors (Lipinski definition) is 7. The number of likely N-dealkylation sites (tertiary alicyclic amines) is 1. The molecule has 2 aromatic heterocycles. The summed E-state index contributed by atoms with van der Waals surface area (Å²) in [5.41, 5.74) is 8.56. The zero-order chi connectivity index (χ0) is 33.5. The highest BCUT2D eigenvalue weighted by Crippen LogP contribution is 2.36. The number of carboxylic acid groups (broad SMARTS) is 1. The number of rotatable bonds is 13. The fraction of sp³-hybridized carbons (Fsp3) is 0.325. The van der Waals surface area contributed by atoms with Crippen molar-refractivity contribution in [1.29, 1.82) is 0 Å². The van der Waals surface area contributed by atoms with Crippen molar-refractivity contribution in [2.24, 2.45) is 0 Å². The van der Waals surface area contributed by atoms with Gasteiger partial charge in [-0.15, -0.1) is 0 Å². The molecule has 0 radical (unpaired) electrons. The van der Waals surface area contributed by atoms with Gasteiger partial charge < -0.3 is 20.1 Å². The van der Waals surface area contributed by atoms with E-state index in [2.05, 4.69) is 114 Å². The lowest BCUT2D eigenvalue weighted by molar-refractivity contribution is -0.144. The molecule has 5 aromatic rings. The van der Waals surface area contributed by atoms with Crippen molar-refractivity contribution < 1.29 is 14.6 Å². The second kappa shape index (κ2) is 15.4.